The van der Waals surface area contributed by atoms with Crippen LogP contribution in [-0.4, -0.2) is 33.6 Å². The number of aryl methyl sites for hydroxylation is 1. The SMILES string of the molecule is Cc1nccn1CC(=O)N(c1cccc2c1C=NC2)C(C(=O)NC1CCCCC1)c1ccccc1Cl. The molecule has 0 spiro atoms. The van der Waals surface area contributed by atoms with Crippen LogP contribution in [0.25, 0.3) is 0 Å². The van der Waals surface area contributed by atoms with Crippen LogP contribution in [0.2, 0.25) is 5.02 Å². The topological polar surface area (TPSA) is 79.6 Å². The van der Waals surface area contributed by atoms with Crippen LogP contribution in [0, 0.1) is 6.92 Å². The molecule has 2 amide bonds. The number of aliphatic imine (C=N–C) groups is 1. The smallest absolute Gasteiger partial charge is 0.248 e. The van der Waals surface area contributed by atoms with Crippen LogP contribution in [0.3, 0.4) is 0 Å². The van der Waals surface area contributed by atoms with E-state index in [9.17, 15) is 9.59 Å². The molecule has 1 N–H and O–H groups in total. The van der Waals surface area contributed by atoms with Gasteiger partial charge in [0, 0.05) is 40.8 Å². The molecule has 0 radical (unpaired) electrons. The van der Waals surface area contributed by atoms with Crippen molar-refractivity contribution in [2.75, 3.05) is 4.90 Å². The number of nitrogens with one attached hydrogen (secondary N) is 1. The summed E-state index contributed by atoms with van der Waals surface area (Å²) >= 11 is 6.67. The number of nitrogens with zero attached hydrogens (tertiary/aromatic N) is 4. The number of carbonyl (C=O) groups is 2. The third kappa shape index (κ3) is 4.93. The van der Waals surface area contributed by atoms with Crippen molar-refractivity contribution in [2.45, 2.75) is 64.2 Å². The highest BCUT2D eigenvalue weighted by atomic mass is 35.5. The predicted molar refractivity (Wildman–Crippen MR) is 141 cm³/mol. The lowest BCUT2D eigenvalue weighted by molar-refractivity contribution is -0.127. The van der Waals surface area contributed by atoms with Gasteiger partial charge < -0.3 is 9.88 Å². The van der Waals surface area contributed by atoms with Crippen LogP contribution in [0.15, 0.2) is 59.9 Å². The van der Waals surface area contributed by atoms with Gasteiger partial charge in [-0.15, -0.1) is 0 Å². The van der Waals surface area contributed by atoms with E-state index in [2.05, 4.69) is 15.3 Å². The first kappa shape index (κ1) is 24.3. The van der Waals surface area contributed by atoms with Crippen molar-refractivity contribution < 1.29 is 9.59 Å². The normalized spacial score (nSPS) is 15.9. The van der Waals surface area contributed by atoms with Gasteiger partial charge >= 0.3 is 0 Å². The summed E-state index contributed by atoms with van der Waals surface area (Å²) in [5.74, 6) is 0.274. The number of benzene rings is 2. The van der Waals surface area contributed by atoms with Gasteiger partial charge in [-0.1, -0.05) is 61.2 Å². The summed E-state index contributed by atoms with van der Waals surface area (Å²) in [6.45, 7) is 2.45. The summed E-state index contributed by atoms with van der Waals surface area (Å²) in [6, 6.07) is 12.2. The third-order valence-corrected chi connectivity index (χ3v) is 7.42. The van der Waals surface area contributed by atoms with E-state index in [0.29, 0.717) is 22.8 Å². The molecule has 0 saturated heterocycles. The molecule has 2 aliphatic rings. The average molecular weight is 504 g/mol. The number of carbonyl (C=O) groups excluding carboxylic acids is 2. The van der Waals surface area contributed by atoms with Gasteiger partial charge in [0.15, 0.2) is 0 Å². The molecule has 2 aromatic carbocycles. The number of amides is 2. The minimum Gasteiger partial charge on any atom is -0.351 e. The van der Waals surface area contributed by atoms with Crippen molar-refractivity contribution in [1.82, 2.24) is 14.9 Å². The van der Waals surface area contributed by atoms with E-state index >= 15 is 0 Å². The minimum atomic E-state index is -0.933. The van der Waals surface area contributed by atoms with E-state index in [1.54, 1.807) is 34.1 Å². The summed E-state index contributed by atoms with van der Waals surface area (Å²) in [6.07, 6.45) is 10.5. The Kier molecular flexibility index (Phi) is 7.18. The second-order valence-electron chi connectivity index (χ2n) is 9.45. The molecule has 1 aromatic heterocycles. The number of halogens is 1. The highest BCUT2D eigenvalue weighted by Crippen LogP contribution is 2.36. The zero-order valence-electron chi connectivity index (χ0n) is 20.4. The number of rotatable bonds is 7. The largest absolute Gasteiger partial charge is 0.351 e. The zero-order valence-corrected chi connectivity index (χ0v) is 21.1. The van der Waals surface area contributed by atoms with Gasteiger partial charge in [0.1, 0.15) is 18.4 Å². The molecule has 1 fully saturated rings. The van der Waals surface area contributed by atoms with Crippen molar-refractivity contribution in [1.29, 1.82) is 0 Å². The Morgan fingerprint density at radius 2 is 1.94 bits per heavy atom. The van der Waals surface area contributed by atoms with Crippen LogP contribution in [0.4, 0.5) is 5.69 Å². The predicted octanol–water partition coefficient (Wildman–Crippen LogP) is 5.00. The highest BCUT2D eigenvalue weighted by molar-refractivity contribution is 6.31. The van der Waals surface area contributed by atoms with Crippen LogP contribution in [0.1, 0.15) is 60.7 Å². The standard InChI is InChI=1S/C28H30ClN5O2/c1-19-31-14-15-33(19)18-26(35)34(25-13-7-8-20-16-30-17-23(20)25)27(22-11-5-6-12-24(22)29)28(36)32-21-9-3-2-4-10-21/h5-8,11-15,17,21,27H,2-4,9-10,16,18H2,1H3,(H,32,36). The lowest BCUT2D eigenvalue weighted by Gasteiger charge is -2.34. The van der Waals surface area contributed by atoms with Gasteiger partial charge in [-0.25, -0.2) is 4.98 Å². The fourth-order valence-corrected chi connectivity index (χ4v) is 5.40. The first-order chi connectivity index (χ1) is 17.5. The van der Waals surface area contributed by atoms with E-state index in [1.807, 2.05) is 43.3 Å². The van der Waals surface area contributed by atoms with Gasteiger partial charge in [0.2, 0.25) is 11.8 Å². The monoisotopic (exact) mass is 503 g/mol. The molecule has 1 aliphatic carbocycles. The zero-order chi connectivity index (χ0) is 25.1. The second-order valence-corrected chi connectivity index (χ2v) is 9.86. The first-order valence-electron chi connectivity index (χ1n) is 12.5. The quantitative estimate of drug-likeness (QED) is 0.492. The summed E-state index contributed by atoms with van der Waals surface area (Å²) in [4.78, 5) is 38.4. The summed E-state index contributed by atoms with van der Waals surface area (Å²) < 4.78 is 1.79. The van der Waals surface area contributed by atoms with E-state index in [4.69, 9.17) is 11.6 Å². The van der Waals surface area contributed by atoms with Crippen LogP contribution in [-0.2, 0) is 22.7 Å². The van der Waals surface area contributed by atoms with Crippen LogP contribution >= 0.6 is 11.6 Å². The molecule has 3 aromatic rings. The number of hydrogen-bond acceptors (Lipinski definition) is 4. The average Bonchev–Trinajstić information content (AvgIpc) is 3.52. The van der Waals surface area contributed by atoms with Gasteiger partial charge in [-0.05, 0) is 37.5 Å². The van der Waals surface area contributed by atoms with E-state index in [0.717, 1.165) is 42.6 Å². The Morgan fingerprint density at radius 3 is 2.69 bits per heavy atom. The Hall–Kier alpha value is -3.45. The van der Waals surface area contributed by atoms with E-state index in [-0.39, 0.29) is 24.4 Å². The molecule has 2 heterocycles. The second kappa shape index (κ2) is 10.7. The molecule has 1 atom stereocenters. The Balaban J connectivity index is 1.61. The maximum atomic E-state index is 14.1. The number of aromatic nitrogens is 2. The van der Waals surface area contributed by atoms with Gasteiger partial charge in [-0.2, -0.15) is 0 Å². The van der Waals surface area contributed by atoms with E-state index < -0.39 is 6.04 Å². The summed E-state index contributed by atoms with van der Waals surface area (Å²) in [5, 5.41) is 3.69. The van der Waals surface area contributed by atoms with Crippen molar-refractivity contribution in [3.63, 3.8) is 0 Å². The Bertz CT molecular complexity index is 1290. The molecule has 5 rings (SSSR count). The molecule has 1 unspecified atom stereocenters. The van der Waals surface area contributed by atoms with Crippen molar-refractivity contribution in [3.05, 3.63) is 82.4 Å². The fourth-order valence-electron chi connectivity index (χ4n) is 5.16. The molecule has 8 heteroatoms. The lowest BCUT2D eigenvalue weighted by Crippen LogP contribution is -2.48. The molecule has 1 aliphatic heterocycles. The molecule has 0 bridgehead atoms. The fraction of sp³-hybridized carbons (Fsp3) is 0.357. The molecule has 36 heavy (non-hydrogen) atoms. The molecular weight excluding hydrogens is 474 g/mol. The maximum absolute atomic E-state index is 14.1. The van der Waals surface area contributed by atoms with Gasteiger partial charge in [-0.3, -0.25) is 19.5 Å². The van der Waals surface area contributed by atoms with Gasteiger partial charge in [0.05, 0.1) is 12.2 Å². The molecule has 1 saturated carbocycles. The number of fused-ring (bicyclic) bond motifs is 1. The number of hydrogen-bond donors (Lipinski definition) is 1. The summed E-state index contributed by atoms with van der Waals surface area (Å²) in [7, 11) is 0. The van der Waals surface area contributed by atoms with Crippen molar-refractivity contribution >= 4 is 35.3 Å². The van der Waals surface area contributed by atoms with Crippen molar-refractivity contribution in [2.24, 2.45) is 4.99 Å². The first-order valence-corrected chi connectivity index (χ1v) is 12.9. The van der Waals surface area contributed by atoms with Gasteiger partial charge in [0.25, 0.3) is 0 Å². The number of imidazole rings is 1. The maximum Gasteiger partial charge on any atom is 0.248 e. The molecule has 186 valence electrons. The Morgan fingerprint density at radius 1 is 1.14 bits per heavy atom. The van der Waals surface area contributed by atoms with Crippen LogP contribution in [0.5, 0.6) is 0 Å². The number of anilines is 1. The Labute approximate surface area is 216 Å². The molecule has 7 nitrogen and oxygen atoms in total. The molecular formula is C28H30ClN5O2. The summed E-state index contributed by atoms with van der Waals surface area (Å²) in [5.41, 5.74) is 3.13. The van der Waals surface area contributed by atoms with Crippen LogP contribution < -0.4 is 10.2 Å². The highest BCUT2D eigenvalue weighted by Gasteiger charge is 2.37. The minimum absolute atomic E-state index is 0.0459. The lowest BCUT2D eigenvalue weighted by atomic mass is 9.94. The van der Waals surface area contributed by atoms with Crippen molar-refractivity contribution in [3.8, 4) is 0 Å². The van der Waals surface area contributed by atoms with E-state index in [1.165, 1.54) is 6.42 Å². The third-order valence-electron chi connectivity index (χ3n) is 7.07.